The third-order valence-corrected chi connectivity index (χ3v) is 8.39. The molecule has 0 aliphatic heterocycles. The Morgan fingerprint density at radius 1 is 1.04 bits per heavy atom. The number of carbonyl (C=O) groups is 1. The molecule has 0 amide bonds. The topological polar surface area (TPSA) is 35.5 Å². The van der Waals surface area contributed by atoms with Crippen LogP contribution in [0.4, 0.5) is 0 Å². The van der Waals surface area contributed by atoms with Gasteiger partial charge in [0.25, 0.3) is 0 Å². The van der Waals surface area contributed by atoms with Crippen LogP contribution in [0.2, 0.25) is 13.1 Å². The van der Waals surface area contributed by atoms with Crippen molar-refractivity contribution < 1.29 is 14.3 Å². The highest BCUT2D eigenvalue weighted by Crippen LogP contribution is 2.18. The van der Waals surface area contributed by atoms with Gasteiger partial charge in [0.05, 0.1) is 26.2 Å². The lowest BCUT2D eigenvalue weighted by Crippen LogP contribution is -2.43. The molecule has 0 spiro atoms. The zero-order valence-electron chi connectivity index (χ0n) is 17.1. The van der Waals surface area contributed by atoms with Gasteiger partial charge < -0.3 is 9.47 Å². The average Bonchev–Trinajstić information content (AvgIpc) is 2.71. The van der Waals surface area contributed by atoms with Gasteiger partial charge in [-0.3, -0.25) is 4.79 Å². The number of rotatable bonds is 10. The van der Waals surface area contributed by atoms with Crippen LogP contribution in [0.3, 0.4) is 0 Å². The van der Waals surface area contributed by atoms with E-state index in [4.69, 9.17) is 9.47 Å². The molecule has 0 aromatic heterocycles. The number of hydrogen-bond acceptors (Lipinski definition) is 3. The van der Waals surface area contributed by atoms with Gasteiger partial charge in [-0.1, -0.05) is 78.9 Å². The first-order chi connectivity index (χ1) is 13.5. The summed E-state index contributed by atoms with van der Waals surface area (Å²) in [7, 11) is -1.89. The summed E-state index contributed by atoms with van der Waals surface area (Å²) in [6.45, 7) is 8.10. The molecular formula is C24H30O3Si. The number of carbonyl (C=O) groups excluding carboxylic acids is 1. The Morgan fingerprint density at radius 3 is 2.32 bits per heavy atom. The first-order valence-electron chi connectivity index (χ1n) is 9.81. The van der Waals surface area contributed by atoms with E-state index < -0.39 is 8.07 Å². The van der Waals surface area contributed by atoms with Gasteiger partial charge in [0.2, 0.25) is 0 Å². The molecule has 2 aromatic carbocycles. The van der Waals surface area contributed by atoms with Crippen LogP contribution >= 0.6 is 0 Å². The molecule has 0 aliphatic rings. The Balaban J connectivity index is 2.09. The van der Waals surface area contributed by atoms with Crippen LogP contribution in [0.15, 0.2) is 77.7 Å². The fourth-order valence-electron chi connectivity index (χ4n) is 3.01. The first kappa shape index (κ1) is 21.9. The second-order valence-corrected chi connectivity index (χ2v) is 11.5. The van der Waals surface area contributed by atoms with Crippen LogP contribution in [0.1, 0.15) is 25.3 Å². The zero-order valence-corrected chi connectivity index (χ0v) is 18.1. The van der Waals surface area contributed by atoms with Crippen molar-refractivity contribution in [2.24, 2.45) is 0 Å². The lowest BCUT2D eigenvalue weighted by molar-refractivity contribution is -0.142. The van der Waals surface area contributed by atoms with Gasteiger partial charge in [-0.25, -0.2) is 0 Å². The van der Waals surface area contributed by atoms with Gasteiger partial charge in [-0.15, -0.1) is 5.73 Å². The molecule has 148 valence electrons. The third-order valence-electron chi connectivity index (χ3n) is 4.71. The molecular weight excluding hydrogens is 364 g/mol. The minimum Gasteiger partial charge on any atom is -0.466 e. The Hall–Kier alpha value is -2.39. The molecule has 0 saturated carbocycles. The van der Waals surface area contributed by atoms with Gasteiger partial charge in [-0.2, -0.15) is 0 Å². The van der Waals surface area contributed by atoms with Crippen LogP contribution < -0.4 is 5.19 Å². The minimum absolute atomic E-state index is 0.214. The van der Waals surface area contributed by atoms with Crippen molar-refractivity contribution in [1.82, 2.24) is 0 Å². The summed E-state index contributed by atoms with van der Waals surface area (Å²) in [5, 5.41) is 2.60. The maximum Gasteiger partial charge on any atom is 0.310 e. The minimum atomic E-state index is -1.89. The van der Waals surface area contributed by atoms with E-state index in [0.717, 1.165) is 6.42 Å². The summed E-state index contributed by atoms with van der Waals surface area (Å²) in [4.78, 5) is 11.6. The molecule has 0 unspecified atom stereocenters. The molecule has 0 N–H and O–H groups in total. The van der Waals surface area contributed by atoms with E-state index in [1.807, 2.05) is 37.3 Å². The molecule has 4 heteroatoms. The Kier molecular flexibility index (Phi) is 8.96. The summed E-state index contributed by atoms with van der Waals surface area (Å²) >= 11 is 0. The van der Waals surface area contributed by atoms with E-state index in [1.165, 1.54) is 15.9 Å². The molecule has 0 atom stereocenters. The summed E-state index contributed by atoms with van der Waals surface area (Å²) < 4.78 is 10.9. The van der Waals surface area contributed by atoms with Crippen LogP contribution in [0, 0.1) is 0 Å². The highest BCUT2D eigenvalue weighted by molar-refractivity contribution is 6.95. The van der Waals surface area contributed by atoms with E-state index in [1.54, 1.807) is 0 Å². The third kappa shape index (κ3) is 6.97. The molecule has 2 rings (SSSR count). The Morgan fingerprint density at radius 2 is 1.68 bits per heavy atom. The summed E-state index contributed by atoms with van der Waals surface area (Å²) in [6.07, 6.45) is 2.87. The fourth-order valence-corrected chi connectivity index (χ4v) is 5.57. The quantitative estimate of drug-likeness (QED) is 0.252. The molecule has 0 aliphatic carbocycles. The standard InChI is InChI=1S/C24H30O3Si/c1-4-27-24(25)17-11-16-23(28(2,3)22-14-9-6-10-15-22)18-19-26-20-21-12-7-5-8-13-21/h5-15H,4,17-20H2,1-3H3. The summed E-state index contributed by atoms with van der Waals surface area (Å²) in [5.74, 6) is -0.214. The largest absolute Gasteiger partial charge is 0.466 e. The van der Waals surface area contributed by atoms with Crippen molar-refractivity contribution >= 4 is 19.2 Å². The summed E-state index contributed by atoms with van der Waals surface area (Å²) in [5.41, 5.74) is 4.59. The number of ether oxygens (including phenoxy) is 2. The van der Waals surface area contributed by atoms with Gasteiger partial charge >= 0.3 is 5.97 Å². The van der Waals surface area contributed by atoms with Crippen LogP contribution in [-0.4, -0.2) is 27.3 Å². The van der Waals surface area contributed by atoms with Crippen LogP contribution in [0.5, 0.6) is 0 Å². The van der Waals surface area contributed by atoms with Crippen molar-refractivity contribution in [1.29, 1.82) is 0 Å². The second kappa shape index (κ2) is 11.5. The van der Waals surface area contributed by atoms with E-state index in [9.17, 15) is 4.79 Å². The van der Waals surface area contributed by atoms with Crippen molar-refractivity contribution in [2.75, 3.05) is 13.2 Å². The molecule has 0 bridgehead atoms. The lowest BCUT2D eigenvalue weighted by Gasteiger charge is -2.25. The molecule has 0 fully saturated rings. The van der Waals surface area contributed by atoms with E-state index in [-0.39, 0.29) is 12.4 Å². The number of benzene rings is 2. The highest BCUT2D eigenvalue weighted by Gasteiger charge is 2.28. The van der Waals surface area contributed by atoms with E-state index >= 15 is 0 Å². The molecule has 28 heavy (non-hydrogen) atoms. The van der Waals surface area contributed by atoms with Crippen molar-refractivity contribution in [3.05, 3.63) is 83.2 Å². The smallest absolute Gasteiger partial charge is 0.310 e. The molecule has 0 heterocycles. The fraction of sp³-hybridized carbons (Fsp3) is 0.333. The average molecular weight is 395 g/mol. The van der Waals surface area contributed by atoms with E-state index in [0.29, 0.717) is 19.8 Å². The van der Waals surface area contributed by atoms with E-state index in [2.05, 4.69) is 55.2 Å². The Labute approximate surface area is 169 Å². The monoisotopic (exact) mass is 394 g/mol. The lowest BCUT2D eigenvalue weighted by atomic mass is 10.2. The molecule has 3 nitrogen and oxygen atoms in total. The number of esters is 1. The molecule has 0 radical (unpaired) electrons. The SMILES string of the molecule is CCOC(=O)CC=C=C(CCOCc1ccccc1)[Si](C)(C)c1ccccc1. The number of hydrogen-bond donors (Lipinski definition) is 0. The summed E-state index contributed by atoms with van der Waals surface area (Å²) in [6, 6.07) is 20.8. The normalized spacial score (nSPS) is 10.8. The first-order valence-corrected chi connectivity index (χ1v) is 12.8. The molecule has 0 saturated heterocycles. The highest BCUT2D eigenvalue weighted by atomic mass is 28.3. The zero-order chi connectivity index (χ0) is 20.2. The Bertz CT molecular complexity index is 791. The van der Waals surface area contributed by atoms with Crippen molar-refractivity contribution in [3.63, 3.8) is 0 Å². The maximum atomic E-state index is 11.6. The van der Waals surface area contributed by atoms with Gasteiger partial charge in [0.15, 0.2) is 0 Å². The van der Waals surface area contributed by atoms with Crippen LogP contribution in [0.25, 0.3) is 0 Å². The van der Waals surface area contributed by atoms with Crippen molar-refractivity contribution in [3.8, 4) is 0 Å². The predicted octanol–water partition coefficient (Wildman–Crippen LogP) is 4.78. The van der Waals surface area contributed by atoms with Gasteiger partial charge in [0, 0.05) is 0 Å². The van der Waals surface area contributed by atoms with Crippen molar-refractivity contribution in [2.45, 2.75) is 39.5 Å². The van der Waals surface area contributed by atoms with Crippen LogP contribution in [-0.2, 0) is 20.9 Å². The van der Waals surface area contributed by atoms with Gasteiger partial charge in [0.1, 0.15) is 8.07 Å². The molecule has 2 aromatic rings. The van der Waals surface area contributed by atoms with Gasteiger partial charge in [-0.05, 0) is 30.2 Å². The maximum absolute atomic E-state index is 11.6. The predicted molar refractivity (Wildman–Crippen MR) is 117 cm³/mol. The second-order valence-electron chi connectivity index (χ2n) is 7.12.